The fourth-order valence-corrected chi connectivity index (χ4v) is 5.68. The van der Waals surface area contributed by atoms with Gasteiger partial charge in [0.15, 0.2) is 11.5 Å². The third-order valence-corrected chi connectivity index (χ3v) is 8.29. The molecule has 0 bridgehead atoms. The Bertz CT molecular complexity index is 1720. The van der Waals surface area contributed by atoms with Crippen molar-refractivity contribution >= 4 is 51.6 Å². The van der Waals surface area contributed by atoms with Crippen LogP contribution >= 0.6 is 11.6 Å². The minimum Gasteiger partial charge on any atom is -0.493 e. The number of halogens is 2. The van der Waals surface area contributed by atoms with Gasteiger partial charge in [-0.05, 0) is 42.8 Å². The van der Waals surface area contributed by atoms with Gasteiger partial charge in [0.2, 0.25) is 5.91 Å². The van der Waals surface area contributed by atoms with Crippen LogP contribution in [0.4, 0.5) is 26.4 Å². The van der Waals surface area contributed by atoms with Crippen LogP contribution in [-0.4, -0.2) is 89.7 Å². The van der Waals surface area contributed by atoms with Gasteiger partial charge in [0, 0.05) is 69.4 Å². The Balaban J connectivity index is 0.978. The number of aromatic nitrogens is 3. The van der Waals surface area contributed by atoms with Gasteiger partial charge in [-0.25, -0.2) is 19.2 Å². The summed E-state index contributed by atoms with van der Waals surface area (Å²) in [7, 11) is 1.59. The lowest BCUT2D eigenvalue weighted by Gasteiger charge is -2.34. The number of nitrogens with one attached hydrogen (secondary N) is 2. The number of nitrogens with zero attached hydrogens (tertiary/aromatic N) is 6. The molecule has 2 fully saturated rings. The maximum atomic E-state index is 13.6. The standard InChI is InChI=1S/C32H34ClFN8O4/c1-45-28-17-27-24(31(37-20-36-27)38-21-4-6-26(34)25(33)15-21)16-29(28)46-14-2-8-40-10-12-41(13-11-40)19-22-3-5-23(18-35-22)42-9-7-30(43)39-32(42)44/h3-6,15-18,20H,2,7-14,19H2,1H3,(H,36,37,38)(H,39,43,44). The third-order valence-electron chi connectivity index (χ3n) is 8.00. The maximum Gasteiger partial charge on any atom is 0.328 e. The van der Waals surface area contributed by atoms with Crippen molar-refractivity contribution in [1.82, 2.24) is 30.1 Å². The third kappa shape index (κ3) is 7.44. The number of rotatable bonds is 11. The van der Waals surface area contributed by atoms with Gasteiger partial charge in [0.05, 0.1) is 41.8 Å². The van der Waals surface area contributed by atoms with Crippen molar-refractivity contribution < 1.29 is 23.5 Å². The smallest absolute Gasteiger partial charge is 0.328 e. The monoisotopic (exact) mass is 648 g/mol. The van der Waals surface area contributed by atoms with Gasteiger partial charge in [-0.1, -0.05) is 11.6 Å². The molecule has 2 aromatic carbocycles. The molecular formula is C32H34ClFN8O4. The molecule has 2 aliphatic heterocycles. The Morgan fingerprint density at radius 2 is 1.80 bits per heavy atom. The van der Waals surface area contributed by atoms with Crippen LogP contribution in [0.2, 0.25) is 5.02 Å². The first-order valence-electron chi connectivity index (χ1n) is 15.0. The summed E-state index contributed by atoms with van der Waals surface area (Å²) >= 11 is 5.95. The van der Waals surface area contributed by atoms with Crippen molar-refractivity contribution in [2.75, 3.05) is 63.2 Å². The predicted molar refractivity (Wildman–Crippen MR) is 172 cm³/mol. The van der Waals surface area contributed by atoms with Crippen LogP contribution in [0.3, 0.4) is 0 Å². The van der Waals surface area contributed by atoms with E-state index in [1.807, 2.05) is 24.3 Å². The number of ether oxygens (including phenoxy) is 2. The highest BCUT2D eigenvalue weighted by Crippen LogP contribution is 2.35. The number of piperazine rings is 1. The van der Waals surface area contributed by atoms with Crippen molar-refractivity contribution in [3.63, 3.8) is 0 Å². The second-order valence-electron chi connectivity index (χ2n) is 11.1. The highest BCUT2D eigenvalue weighted by Gasteiger charge is 2.24. The number of benzene rings is 2. The zero-order chi connectivity index (χ0) is 32.0. The van der Waals surface area contributed by atoms with E-state index >= 15 is 0 Å². The lowest BCUT2D eigenvalue weighted by atomic mass is 10.2. The largest absolute Gasteiger partial charge is 0.493 e. The number of hydrogen-bond donors (Lipinski definition) is 2. The van der Waals surface area contributed by atoms with Crippen molar-refractivity contribution in [2.24, 2.45) is 0 Å². The highest BCUT2D eigenvalue weighted by molar-refractivity contribution is 6.31. The topological polar surface area (TPSA) is 125 Å². The molecule has 2 N–H and O–H groups in total. The van der Waals surface area contributed by atoms with Gasteiger partial charge in [0.25, 0.3) is 0 Å². The number of fused-ring (bicyclic) bond motifs is 1. The van der Waals surface area contributed by atoms with E-state index in [0.29, 0.717) is 47.4 Å². The molecule has 0 unspecified atom stereocenters. The Hall–Kier alpha value is -4.59. The lowest BCUT2D eigenvalue weighted by Crippen LogP contribution is -2.49. The van der Waals surface area contributed by atoms with E-state index in [-0.39, 0.29) is 17.4 Å². The fourth-order valence-electron chi connectivity index (χ4n) is 5.50. The molecule has 3 amide bonds. The van der Waals surface area contributed by atoms with E-state index in [9.17, 15) is 14.0 Å². The molecular weight excluding hydrogens is 615 g/mol. The van der Waals surface area contributed by atoms with E-state index in [4.69, 9.17) is 21.1 Å². The summed E-state index contributed by atoms with van der Waals surface area (Å²) in [6.07, 6.45) is 4.26. The normalized spacial score (nSPS) is 16.0. The molecule has 240 valence electrons. The van der Waals surface area contributed by atoms with E-state index in [1.165, 1.54) is 23.4 Å². The molecule has 0 atom stereocenters. The number of carbonyl (C=O) groups excluding carboxylic acids is 2. The zero-order valence-electron chi connectivity index (χ0n) is 25.3. The van der Waals surface area contributed by atoms with Crippen LogP contribution in [0.15, 0.2) is 55.0 Å². The first-order valence-corrected chi connectivity index (χ1v) is 15.4. The number of hydrogen-bond acceptors (Lipinski definition) is 10. The predicted octanol–water partition coefficient (Wildman–Crippen LogP) is 4.60. The highest BCUT2D eigenvalue weighted by atomic mass is 35.5. The molecule has 2 aliphatic rings. The van der Waals surface area contributed by atoms with Gasteiger partial charge < -0.3 is 19.7 Å². The number of carbonyl (C=O) groups is 2. The summed E-state index contributed by atoms with van der Waals surface area (Å²) in [4.78, 5) is 43.1. The average Bonchev–Trinajstić information content (AvgIpc) is 3.06. The van der Waals surface area contributed by atoms with Crippen LogP contribution in [-0.2, 0) is 11.3 Å². The molecule has 4 heterocycles. The fraction of sp³-hybridized carbons (Fsp3) is 0.344. The second-order valence-corrected chi connectivity index (χ2v) is 11.5. The number of pyridine rings is 1. The van der Waals surface area contributed by atoms with Gasteiger partial charge in [-0.3, -0.25) is 24.9 Å². The molecule has 2 saturated heterocycles. The van der Waals surface area contributed by atoms with E-state index < -0.39 is 11.8 Å². The molecule has 0 radical (unpaired) electrons. The summed E-state index contributed by atoms with van der Waals surface area (Å²) in [5.74, 6) is 0.955. The van der Waals surface area contributed by atoms with Crippen molar-refractivity contribution in [1.29, 1.82) is 0 Å². The maximum absolute atomic E-state index is 13.6. The molecule has 0 aliphatic carbocycles. The van der Waals surface area contributed by atoms with Crippen LogP contribution < -0.4 is 25.0 Å². The first kappa shape index (κ1) is 31.4. The minimum atomic E-state index is -0.492. The number of anilines is 3. The molecule has 14 heteroatoms. The van der Waals surface area contributed by atoms with E-state index in [0.717, 1.165) is 56.8 Å². The van der Waals surface area contributed by atoms with Crippen molar-refractivity contribution in [3.05, 3.63) is 71.5 Å². The summed E-state index contributed by atoms with van der Waals surface area (Å²) < 4.78 is 25.4. The number of urea groups is 1. The summed E-state index contributed by atoms with van der Waals surface area (Å²) in [6.45, 7) is 6.24. The van der Waals surface area contributed by atoms with Crippen LogP contribution in [0.5, 0.6) is 11.5 Å². The Morgan fingerprint density at radius 1 is 0.978 bits per heavy atom. The zero-order valence-corrected chi connectivity index (χ0v) is 26.1. The van der Waals surface area contributed by atoms with Gasteiger partial charge in [-0.2, -0.15) is 0 Å². The minimum absolute atomic E-state index is 0.0179. The Morgan fingerprint density at radius 3 is 2.54 bits per heavy atom. The molecule has 2 aromatic heterocycles. The number of imide groups is 1. The number of methoxy groups -OCH3 is 1. The van der Waals surface area contributed by atoms with Crippen LogP contribution in [0, 0.1) is 5.82 Å². The molecule has 0 spiro atoms. The van der Waals surface area contributed by atoms with Gasteiger partial charge >= 0.3 is 6.03 Å². The summed E-state index contributed by atoms with van der Waals surface area (Å²) in [5.41, 5.74) is 2.89. The second kappa shape index (κ2) is 14.2. The van der Waals surface area contributed by atoms with Gasteiger partial charge in [0.1, 0.15) is 18.0 Å². The molecule has 4 aromatic rings. The van der Waals surface area contributed by atoms with E-state index in [2.05, 4.69) is 35.4 Å². The van der Waals surface area contributed by atoms with E-state index in [1.54, 1.807) is 19.4 Å². The molecule has 6 rings (SSSR count). The summed E-state index contributed by atoms with van der Waals surface area (Å²) in [5, 5.41) is 6.27. The summed E-state index contributed by atoms with van der Waals surface area (Å²) in [6, 6.07) is 11.5. The van der Waals surface area contributed by atoms with Gasteiger partial charge in [-0.15, -0.1) is 0 Å². The average molecular weight is 649 g/mol. The number of amides is 3. The Kier molecular flexibility index (Phi) is 9.71. The van der Waals surface area contributed by atoms with Crippen LogP contribution in [0.25, 0.3) is 10.9 Å². The quantitative estimate of drug-likeness (QED) is 0.223. The molecule has 46 heavy (non-hydrogen) atoms. The van der Waals surface area contributed by atoms with Crippen molar-refractivity contribution in [2.45, 2.75) is 19.4 Å². The molecule has 0 saturated carbocycles. The lowest BCUT2D eigenvalue weighted by molar-refractivity contribution is -0.120. The Labute approximate surface area is 270 Å². The van der Waals surface area contributed by atoms with Crippen LogP contribution in [0.1, 0.15) is 18.5 Å². The molecule has 12 nitrogen and oxygen atoms in total. The SMILES string of the molecule is COc1cc2ncnc(Nc3ccc(F)c(Cl)c3)c2cc1OCCCN1CCN(Cc2ccc(N3CCC(=O)NC3=O)cn2)CC1. The van der Waals surface area contributed by atoms with Crippen molar-refractivity contribution in [3.8, 4) is 11.5 Å². The first-order chi connectivity index (χ1) is 22.4.